The van der Waals surface area contributed by atoms with Gasteiger partial charge in [-0.3, -0.25) is 4.79 Å². The molecule has 2 nitrogen and oxygen atoms in total. The summed E-state index contributed by atoms with van der Waals surface area (Å²) in [6.45, 7) is 6.08. The summed E-state index contributed by atoms with van der Waals surface area (Å²) in [5.41, 5.74) is 0.975. The van der Waals surface area contributed by atoms with Gasteiger partial charge in [0.15, 0.2) is 0 Å². The van der Waals surface area contributed by atoms with Gasteiger partial charge in [-0.25, -0.2) is 0 Å². The number of hydrogen-bond donors (Lipinski definition) is 0. The van der Waals surface area contributed by atoms with Gasteiger partial charge in [-0.1, -0.05) is 13.8 Å². The largest absolute Gasteiger partial charge is 0.384 e. The molecule has 2 heteroatoms. The molecule has 0 aliphatic heterocycles. The number of carbonyl (C=O) groups excluding carboxylic acids is 1. The minimum Gasteiger partial charge on any atom is -0.384 e. The molecular weight excluding hydrogens is 284 g/mol. The Hall–Kier alpha value is -0.370. The molecule has 4 aliphatic carbocycles. The van der Waals surface area contributed by atoms with Gasteiger partial charge >= 0.3 is 0 Å². The third kappa shape index (κ3) is 2.27. The van der Waals surface area contributed by atoms with Crippen LogP contribution in [0.15, 0.2) is 0 Å². The summed E-state index contributed by atoms with van der Waals surface area (Å²) in [5, 5.41) is 0. The van der Waals surface area contributed by atoms with Gasteiger partial charge in [0.25, 0.3) is 0 Å². The van der Waals surface area contributed by atoms with Gasteiger partial charge in [-0.2, -0.15) is 0 Å². The fourth-order valence-electron chi connectivity index (χ4n) is 7.63. The van der Waals surface area contributed by atoms with Gasteiger partial charge in [-0.15, -0.1) is 0 Å². The monoisotopic (exact) mass is 318 g/mol. The van der Waals surface area contributed by atoms with E-state index in [0.717, 1.165) is 43.1 Å². The molecule has 0 aromatic carbocycles. The molecule has 130 valence electrons. The smallest absolute Gasteiger partial charge is 0.133 e. The molecule has 0 spiro atoms. The summed E-state index contributed by atoms with van der Waals surface area (Å²) in [6, 6.07) is 0. The number of carbonyl (C=O) groups is 1. The van der Waals surface area contributed by atoms with Crippen LogP contribution in [0.25, 0.3) is 0 Å². The lowest BCUT2D eigenvalue weighted by Crippen LogP contribution is -2.53. The number of fused-ring (bicyclic) bond motifs is 5. The van der Waals surface area contributed by atoms with Crippen LogP contribution in [-0.4, -0.2) is 19.5 Å². The van der Waals surface area contributed by atoms with Crippen molar-refractivity contribution in [2.45, 2.75) is 71.6 Å². The Balaban J connectivity index is 1.59. The number of methoxy groups -OCH3 is 1. The van der Waals surface area contributed by atoms with Crippen LogP contribution in [0.5, 0.6) is 0 Å². The fourth-order valence-corrected chi connectivity index (χ4v) is 7.63. The highest BCUT2D eigenvalue weighted by Gasteiger charge is 2.59. The lowest BCUT2D eigenvalue weighted by atomic mass is 9.45. The number of rotatable bonds is 2. The predicted molar refractivity (Wildman–Crippen MR) is 92.1 cm³/mol. The molecule has 0 saturated heterocycles. The molecule has 2 unspecified atom stereocenters. The number of ether oxygens (including phenoxy) is 1. The maximum absolute atomic E-state index is 12.0. The van der Waals surface area contributed by atoms with E-state index in [9.17, 15) is 4.79 Å². The summed E-state index contributed by atoms with van der Waals surface area (Å²) < 4.78 is 5.56. The van der Waals surface area contributed by atoms with E-state index in [1.54, 1.807) is 0 Å². The van der Waals surface area contributed by atoms with Crippen LogP contribution in [0.4, 0.5) is 0 Å². The second-order valence-electron chi connectivity index (χ2n) is 9.67. The first-order chi connectivity index (χ1) is 11.0. The average molecular weight is 319 g/mol. The molecule has 4 aliphatic rings. The highest BCUT2D eigenvalue weighted by atomic mass is 16.5. The highest BCUT2D eigenvalue weighted by molar-refractivity contribution is 5.79. The van der Waals surface area contributed by atoms with Gasteiger partial charge in [0.05, 0.1) is 0 Å². The molecule has 0 amide bonds. The van der Waals surface area contributed by atoms with Crippen molar-refractivity contribution in [1.82, 2.24) is 0 Å². The van der Waals surface area contributed by atoms with Crippen LogP contribution in [-0.2, 0) is 9.53 Å². The van der Waals surface area contributed by atoms with Gasteiger partial charge in [-0.05, 0) is 85.4 Å². The van der Waals surface area contributed by atoms with E-state index in [1.165, 1.54) is 44.9 Å². The number of hydrogen-bond acceptors (Lipinski definition) is 2. The van der Waals surface area contributed by atoms with Crippen molar-refractivity contribution in [2.24, 2.45) is 40.4 Å². The van der Waals surface area contributed by atoms with Gasteiger partial charge in [0.1, 0.15) is 5.78 Å². The zero-order valence-corrected chi connectivity index (χ0v) is 15.3. The third-order valence-corrected chi connectivity index (χ3v) is 9.05. The van der Waals surface area contributed by atoms with Gasteiger partial charge in [0, 0.05) is 26.6 Å². The van der Waals surface area contributed by atoms with E-state index >= 15 is 0 Å². The van der Waals surface area contributed by atoms with Gasteiger partial charge < -0.3 is 4.74 Å². The molecule has 4 rings (SSSR count). The fraction of sp³-hybridized carbons (Fsp3) is 0.952. The van der Waals surface area contributed by atoms with Crippen LogP contribution in [0, 0.1) is 40.4 Å². The summed E-state index contributed by atoms with van der Waals surface area (Å²) in [6.07, 6.45) is 11.2. The van der Waals surface area contributed by atoms with E-state index in [-0.39, 0.29) is 0 Å². The molecule has 4 saturated carbocycles. The number of ketones is 1. The van der Waals surface area contributed by atoms with E-state index < -0.39 is 0 Å². The zero-order valence-electron chi connectivity index (χ0n) is 15.3. The molecular formula is C21H34O2. The first-order valence-corrected chi connectivity index (χ1v) is 9.99. The molecule has 0 aromatic heterocycles. The topological polar surface area (TPSA) is 26.3 Å². The van der Waals surface area contributed by atoms with Crippen LogP contribution in [0.2, 0.25) is 0 Å². The molecule has 0 heterocycles. The standard InChI is InChI=1S/C21H34O2/c1-20-10-8-16(22)12-14(20)4-6-17-18-7-5-15(13-23-3)21(18,2)11-9-19(17)20/h14-15,17-19H,4-13H2,1-3H3/t14?,15?,17-,18-,19+,20-,21+/m0/s1. The zero-order chi connectivity index (χ0) is 16.2. The lowest BCUT2D eigenvalue weighted by molar-refractivity contribution is -0.140. The minimum atomic E-state index is 0.456. The molecule has 0 radical (unpaired) electrons. The number of Topliss-reactive ketones (excluding diaryl/α,β-unsaturated/α-hetero) is 1. The Labute approximate surface area is 141 Å². The van der Waals surface area contributed by atoms with E-state index in [2.05, 4.69) is 13.8 Å². The van der Waals surface area contributed by atoms with Crippen LogP contribution in [0.3, 0.4) is 0 Å². The van der Waals surface area contributed by atoms with Crippen molar-refractivity contribution in [1.29, 1.82) is 0 Å². The second kappa shape index (κ2) is 5.58. The van der Waals surface area contributed by atoms with Crippen molar-refractivity contribution >= 4 is 5.78 Å². The summed E-state index contributed by atoms with van der Waals surface area (Å²) >= 11 is 0. The Morgan fingerprint density at radius 3 is 2.57 bits per heavy atom. The van der Waals surface area contributed by atoms with E-state index in [4.69, 9.17) is 4.74 Å². The maximum atomic E-state index is 12.0. The van der Waals surface area contributed by atoms with Crippen molar-refractivity contribution in [3.8, 4) is 0 Å². The predicted octanol–water partition coefficient (Wildman–Crippen LogP) is 4.86. The Kier molecular flexibility index (Phi) is 3.91. The first-order valence-electron chi connectivity index (χ1n) is 9.99. The lowest BCUT2D eigenvalue weighted by Gasteiger charge is -2.60. The normalized spacial score (nSPS) is 52.7. The molecule has 23 heavy (non-hydrogen) atoms. The molecule has 4 fully saturated rings. The van der Waals surface area contributed by atoms with E-state index in [1.807, 2.05) is 7.11 Å². The molecule has 0 N–H and O–H groups in total. The van der Waals surface area contributed by atoms with E-state index in [0.29, 0.717) is 22.5 Å². The van der Waals surface area contributed by atoms with Crippen molar-refractivity contribution < 1.29 is 9.53 Å². The SMILES string of the molecule is COCC1CC[C@H]2[C@@H]3CCC4CC(=O)CC[C@]4(C)[C@@H]3CC[C@]12C. The van der Waals surface area contributed by atoms with Gasteiger partial charge in [0.2, 0.25) is 0 Å². The quantitative estimate of drug-likeness (QED) is 0.726. The Bertz CT molecular complexity index is 486. The van der Waals surface area contributed by atoms with Crippen molar-refractivity contribution in [3.05, 3.63) is 0 Å². The Morgan fingerprint density at radius 2 is 1.78 bits per heavy atom. The highest BCUT2D eigenvalue weighted by Crippen LogP contribution is 2.67. The summed E-state index contributed by atoms with van der Waals surface area (Å²) in [4.78, 5) is 12.0. The summed E-state index contributed by atoms with van der Waals surface area (Å²) in [5.74, 6) is 4.71. The molecule has 0 aromatic rings. The maximum Gasteiger partial charge on any atom is 0.133 e. The third-order valence-electron chi connectivity index (χ3n) is 9.05. The average Bonchev–Trinajstić information content (AvgIpc) is 2.85. The van der Waals surface area contributed by atoms with Crippen molar-refractivity contribution in [2.75, 3.05) is 13.7 Å². The van der Waals surface area contributed by atoms with Crippen LogP contribution >= 0.6 is 0 Å². The van der Waals surface area contributed by atoms with Crippen LogP contribution in [0.1, 0.15) is 71.6 Å². The molecule has 7 atom stereocenters. The molecule has 0 bridgehead atoms. The first kappa shape index (κ1) is 16.1. The second-order valence-corrected chi connectivity index (χ2v) is 9.67. The Morgan fingerprint density at radius 1 is 1.00 bits per heavy atom. The minimum absolute atomic E-state index is 0.456. The van der Waals surface area contributed by atoms with Crippen molar-refractivity contribution in [3.63, 3.8) is 0 Å². The van der Waals surface area contributed by atoms with Crippen LogP contribution < -0.4 is 0 Å². The summed E-state index contributed by atoms with van der Waals surface area (Å²) in [7, 11) is 1.87.